The second kappa shape index (κ2) is 10.9. The minimum Gasteiger partial charge on any atom is -0.490 e. The summed E-state index contributed by atoms with van der Waals surface area (Å²) < 4.78 is 13.2. The number of rotatable bonds is 8. The summed E-state index contributed by atoms with van der Waals surface area (Å²) in [5.74, 6) is 1.49. The maximum Gasteiger partial charge on any atom is 0.266 e. The zero-order valence-electron chi connectivity index (χ0n) is 17.5. The van der Waals surface area contributed by atoms with E-state index in [1.165, 1.54) is 11.8 Å². The summed E-state index contributed by atoms with van der Waals surface area (Å²) in [6.45, 7) is 7.50. The average Bonchev–Trinajstić information content (AvgIpc) is 2.94. The molecule has 1 heterocycles. The van der Waals surface area contributed by atoms with Gasteiger partial charge in [-0.05, 0) is 70.2 Å². The molecule has 0 bridgehead atoms. The molecule has 164 valence electrons. The van der Waals surface area contributed by atoms with Crippen LogP contribution < -0.4 is 9.47 Å². The number of amides is 1. The first-order valence-corrected chi connectivity index (χ1v) is 12.3. The molecule has 0 atom stereocenters. The lowest BCUT2D eigenvalue weighted by Crippen LogP contribution is -2.31. The normalized spacial score (nSPS) is 15.3. The average molecular weight is 541 g/mol. The van der Waals surface area contributed by atoms with Crippen molar-refractivity contribution in [3.05, 3.63) is 61.9 Å². The third-order valence-corrected chi connectivity index (χ3v) is 6.52. The molecule has 0 saturated carbocycles. The van der Waals surface area contributed by atoms with Gasteiger partial charge in [0, 0.05) is 11.6 Å². The zero-order valence-corrected chi connectivity index (χ0v) is 21.5. The van der Waals surface area contributed by atoms with Crippen molar-refractivity contribution in [3.63, 3.8) is 0 Å². The van der Waals surface area contributed by atoms with E-state index in [1.807, 2.05) is 49.4 Å². The van der Waals surface area contributed by atoms with E-state index in [1.54, 1.807) is 4.90 Å². The van der Waals surface area contributed by atoms with Gasteiger partial charge in [-0.3, -0.25) is 9.69 Å². The van der Waals surface area contributed by atoms with Gasteiger partial charge in [0.15, 0.2) is 11.5 Å². The van der Waals surface area contributed by atoms with Gasteiger partial charge in [0.2, 0.25) is 0 Å². The van der Waals surface area contributed by atoms with Gasteiger partial charge in [0.1, 0.15) is 10.9 Å². The largest absolute Gasteiger partial charge is 0.490 e. The van der Waals surface area contributed by atoms with Crippen molar-refractivity contribution in [1.82, 2.24) is 4.90 Å². The summed E-state index contributed by atoms with van der Waals surface area (Å²) in [7, 11) is 0. The highest BCUT2D eigenvalue weighted by Crippen LogP contribution is 2.40. The van der Waals surface area contributed by atoms with E-state index < -0.39 is 0 Å². The molecule has 1 amide bonds. The maximum atomic E-state index is 12.8. The Balaban J connectivity index is 1.85. The molecule has 1 saturated heterocycles. The number of ether oxygens (including phenoxy) is 2. The zero-order chi connectivity index (χ0) is 22.5. The molecule has 0 spiro atoms. The summed E-state index contributed by atoms with van der Waals surface area (Å²) in [5, 5.41) is 0.662. The maximum absolute atomic E-state index is 12.8. The summed E-state index contributed by atoms with van der Waals surface area (Å²) in [6.07, 6.45) is 1.84. The number of thiocarbonyl (C=S) groups is 1. The minimum absolute atomic E-state index is 0.0564. The fraction of sp³-hybridized carbons (Fsp3) is 0.304. The summed E-state index contributed by atoms with van der Waals surface area (Å²) in [4.78, 5) is 15.0. The lowest BCUT2D eigenvalue weighted by atomic mass is 10.1. The Kier molecular flexibility index (Phi) is 8.44. The number of carbonyl (C=O) groups is 1. The SMILES string of the molecule is CCOc1cc(/C=C2\SC(=S)N(CC(C)C)C2=O)cc(Br)c1OCc1cccc(Cl)c1. The van der Waals surface area contributed by atoms with E-state index in [2.05, 4.69) is 29.8 Å². The highest BCUT2D eigenvalue weighted by atomic mass is 79.9. The van der Waals surface area contributed by atoms with Crippen LogP contribution in [-0.4, -0.2) is 28.3 Å². The van der Waals surface area contributed by atoms with Crippen molar-refractivity contribution >= 4 is 67.8 Å². The highest BCUT2D eigenvalue weighted by Gasteiger charge is 2.32. The Morgan fingerprint density at radius 2 is 2.03 bits per heavy atom. The second-order valence-corrected chi connectivity index (χ2v) is 10.3. The third kappa shape index (κ3) is 6.25. The second-order valence-electron chi connectivity index (χ2n) is 7.37. The molecule has 0 unspecified atom stereocenters. The monoisotopic (exact) mass is 539 g/mol. The Morgan fingerprint density at radius 1 is 1.26 bits per heavy atom. The van der Waals surface area contributed by atoms with Crippen molar-refractivity contribution in [1.29, 1.82) is 0 Å². The first-order chi connectivity index (χ1) is 14.8. The van der Waals surface area contributed by atoms with Crippen molar-refractivity contribution < 1.29 is 14.3 Å². The van der Waals surface area contributed by atoms with Crippen LogP contribution in [0.5, 0.6) is 11.5 Å². The van der Waals surface area contributed by atoms with Gasteiger partial charge in [-0.2, -0.15) is 0 Å². The Labute approximate surface area is 206 Å². The van der Waals surface area contributed by atoms with Crippen LogP contribution in [0.1, 0.15) is 31.9 Å². The predicted octanol–water partition coefficient (Wildman–Crippen LogP) is 6.94. The molecule has 8 heteroatoms. The smallest absolute Gasteiger partial charge is 0.266 e. The van der Waals surface area contributed by atoms with Gasteiger partial charge in [-0.25, -0.2) is 0 Å². The number of hydrogen-bond acceptors (Lipinski definition) is 5. The number of thioether (sulfide) groups is 1. The van der Waals surface area contributed by atoms with Crippen molar-refractivity contribution in [3.8, 4) is 11.5 Å². The molecular formula is C23H23BrClNO3S2. The number of nitrogens with zero attached hydrogens (tertiary/aromatic N) is 1. The molecule has 0 N–H and O–H groups in total. The quantitative estimate of drug-likeness (QED) is 0.268. The van der Waals surface area contributed by atoms with Crippen LogP contribution in [0.25, 0.3) is 6.08 Å². The Hall–Kier alpha value is -1.54. The lowest BCUT2D eigenvalue weighted by Gasteiger charge is -2.16. The molecule has 2 aromatic carbocycles. The van der Waals surface area contributed by atoms with E-state index in [4.69, 9.17) is 33.3 Å². The number of benzene rings is 2. The fourth-order valence-electron chi connectivity index (χ4n) is 3.03. The van der Waals surface area contributed by atoms with E-state index in [9.17, 15) is 4.79 Å². The molecule has 31 heavy (non-hydrogen) atoms. The Bertz CT molecular complexity index is 1030. The van der Waals surface area contributed by atoms with Crippen molar-refractivity contribution in [2.24, 2.45) is 5.92 Å². The number of carbonyl (C=O) groups excluding carboxylic acids is 1. The van der Waals surface area contributed by atoms with E-state index >= 15 is 0 Å². The Morgan fingerprint density at radius 3 is 2.71 bits per heavy atom. The van der Waals surface area contributed by atoms with Gasteiger partial charge in [0.05, 0.1) is 16.0 Å². The summed E-state index contributed by atoms with van der Waals surface area (Å²) >= 11 is 16.4. The molecular weight excluding hydrogens is 518 g/mol. The molecule has 1 aliphatic rings. The van der Waals surface area contributed by atoms with Crippen LogP contribution in [-0.2, 0) is 11.4 Å². The van der Waals surface area contributed by atoms with Crippen LogP contribution >= 0.6 is 51.5 Å². The van der Waals surface area contributed by atoms with Crippen molar-refractivity contribution in [2.45, 2.75) is 27.4 Å². The number of halogens is 2. The molecule has 1 fully saturated rings. The topological polar surface area (TPSA) is 38.8 Å². The van der Waals surface area contributed by atoms with Gasteiger partial charge in [-0.1, -0.05) is 61.6 Å². The molecule has 0 radical (unpaired) electrons. The van der Waals surface area contributed by atoms with E-state index in [0.29, 0.717) is 51.4 Å². The van der Waals surface area contributed by atoms with Gasteiger partial charge >= 0.3 is 0 Å². The molecule has 1 aliphatic heterocycles. The molecule has 3 rings (SSSR count). The number of hydrogen-bond donors (Lipinski definition) is 0. The molecule has 0 aromatic heterocycles. The van der Waals surface area contributed by atoms with Crippen LogP contribution in [0.15, 0.2) is 45.8 Å². The highest BCUT2D eigenvalue weighted by molar-refractivity contribution is 9.10. The lowest BCUT2D eigenvalue weighted by molar-refractivity contribution is -0.122. The van der Waals surface area contributed by atoms with Gasteiger partial charge in [-0.15, -0.1) is 0 Å². The molecule has 2 aromatic rings. The van der Waals surface area contributed by atoms with Gasteiger partial charge < -0.3 is 9.47 Å². The summed E-state index contributed by atoms with van der Waals surface area (Å²) in [5.41, 5.74) is 1.79. The standard InChI is InChI=1S/C23H23BrClNO3S2/c1-4-28-19-10-16(11-20-22(27)26(12-14(2)3)23(30)31-20)9-18(24)21(19)29-13-15-6-5-7-17(25)8-15/h5-11,14H,4,12-13H2,1-3H3/b20-11-. The van der Waals surface area contributed by atoms with Crippen LogP contribution in [0.2, 0.25) is 5.02 Å². The van der Waals surface area contributed by atoms with Gasteiger partial charge in [0.25, 0.3) is 5.91 Å². The predicted molar refractivity (Wildman–Crippen MR) is 136 cm³/mol. The van der Waals surface area contributed by atoms with Crippen LogP contribution in [0.3, 0.4) is 0 Å². The van der Waals surface area contributed by atoms with E-state index in [0.717, 1.165) is 15.6 Å². The summed E-state index contributed by atoms with van der Waals surface area (Å²) in [6, 6.07) is 11.3. The molecule has 0 aliphatic carbocycles. The third-order valence-electron chi connectivity index (χ3n) is 4.32. The minimum atomic E-state index is -0.0564. The fourth-order valence-corrected chi connectivity index (χ4v) is 5.09. The molecule has 4 nitrogen and oxygen atoms in total. The van der Waals surface area contributed by atoms with Crippen molar-refractivity contribution in [2.75, 3.05) is 13.2 Å². The first kappa shape index (κ1) is 24.1. The van der Waals surface area contributed by atoms with Crippen LogP contribution in [0, 0.1) is 5.92 Å². The van der Waals surface area contributed by atoms with E-state index in [-0.39, 0.29) is 5.91 Å². The van der Waals surface area contributed by atoms with Crippen LogP contribution in [0.4, 0.5) is 0 Å². The first-order valence-electron chi connectivity index (χ1n) is 9.87.